The Balaban J connectivity index is 0.000000258. The lowest BCUT2D eigenvalue weighted by Crippen LogP contribution is -2.46. The Kier molecular flexibility index (Phi) is 7.49. The number of thioether (sulfide) groups is 1. The van der Waals surface area contributed by atoms with Crippen molar-refractivity contribution in [1.82, 2.24) is 9.80 Å². The molecule has 2 aliphatic rings. The third-order valence-electron chi connectivity index (χ3n) is 4.93. The molecule has 8 heteroatoms. The standard InChI is InChI=1S/C17H20N2S2.C4H4O4/c1-18-7-9-19(10-8-18)16-14-5-3-2-4-13(14)12-21-17-15(16)6-11-20-17;5-3(6)1-2-4(7)8/h2-6,11,16H,7-10,12H2,1H3;1-2H,(H,5,6)(H,7,8)/b;2-1-. The Hall–Kier alpha value is -2.13. The van der Waals surface area contributed by atoms with Crippen LogP contribution in [0.2, 0.25) is 0 Å². The lowest BCUT2D eigenvalue weighted by molar-refractivity contribution is -0.134. The molecule has 29 heavy (non-hydrogen) atoms. The number of rotatable bonds is 3. The monoisotopic (exact) mass is 432 g/mol. The topological polar surface area (TPSA) is 81.1 Å². The first kappa shape index (κ1) is 21.6. The van der Waals surface area contributed by atoms with Crippen LogP contribution in [0, 0.1) is 0 Å². The van der Waals surface area contributed by atoms with Crippen LogP contribution in [-0.4, -0.2) is 65.2 Å². The van der Waals surface area contributed by atoms with E-state index < -0.39 is 11.9 Å². The van der Waals surface area contributed by atoms with Gasteiger partial charge in [-0.25, -0.2) is 9.59 Å². The number of fused-ring (bicyclic) bond motifs is 2. The molecular weight excluding hydrogens is 408 g/mol. The van der Waals surface area contributed by atoms with Crippen LogP contribution < -0.4 is 0 Å². The van der Waals surface area contributed by atoms with E-state index in [-0.39, 0.29) is 0 Å². The van der Waals surface area contributed by atoms with Gasteiger partial charge in [0.15, 0.2) is 0 Å². The Morgan fingerprint density at radius 2 is 1.66 bits per heavy atom. The van der Waals surface area contributed by atoms with E-state index in [2.05, 4.69) is 52.6 Å². The molecule has 2 N–H and O–H groups in total. The number of carboxylic acids is 2. The van der Waals surface area contributed by atoms with Crippen molar-refractivity contribution in [2.45, 2.75) is 16.0 Å². The van der Waals surface area contributed by atoms with Crippen molar-refractivity contribution >= 4 is 35.0 Å². The number of carboxylic acid groups (broad SMARTS) is 2. The maximum absolute atomic E-state index is 9.55. The molecule has 0 aliphatic carbocycles. The summed E-state index contributed by atoms with van der Waals surface area (Å²) in [4.78, 5) is 24.2. The number of likely N-dealkylation sites (N-methyl/N-ethyl adjacent to an activating group) is 1. The zero-order valence-electron chi connectivity index (χ0n) is 16.2. The molecule has 6 nitrogen and oxygen atoms in total. The van der Waals surface area contributed by atoms with Crippen LogP contribution in [0.1, 0.15) is 22.7 Å². The summed E-state index contributed by atoms with van der Waals surface area (Å²) >= 11 is 3.91. The summed E-state index contributed by atoms with van der Waals surface area (Å²) in [6, 6.07) is 11.8. The molecule has 0 radical (unpaired) electrons. The molecule has 1 unspecified atom stereocenters. The number of benzene rings is 1. The molecule has 4 rings (SSSR count). The van der Waals surface area contributed by atoms with Crippen LogP contribution in [0.5, 0.6) is 0 Å². The highest BCUT2D eigenvalue weighted by Gasteiger charge is 2.31. The van der Waals surface area contributed by atoms with Gasteiger partial charge in [0.25, 0.3) is 0 Å². The predicted octanol–water partition coefficient (Wildman–Crippen LogP) is 3.40. The normalized spacial score (nSPS) is 19.6. The molecular formula is C21H24N2O4S2. The first-order chi connectivity index (χ1) is 14.0. The molecule has 1 aromatic carbocycles. The summed E-state index contributed by atoms with van der Waals surface area (Å²) in [5, 5.41) is 17.9. The van der Waals surface area contributed by atoms with Crippen molar-refractivity contribution in [3.63, 3.8) is 0 Å². The van der Waals surface area contributed by atoms with Gasteiger partial charge in [0, 0.05) is 44.1 Å². The largest absolute Gasteiger partial charge is 0.478 e. The lowest BCUT2D eigenvalue weighted by atomic mass is 9.95. The summed E-state index contributed by atoms with van der Waals surface area (Å²) in [6.07, 6.45) is 1.12. The molecule has 0 spiro atoms. The second kappa shape index (κ2) is 10.1. The van der Waals surface area contributed by atoms with Crippen molar-refractivity contribution in [2.24, 2.45) is 0 Å². The van der Waals surface area contributed by atoms with Gasteiger partial charge in [-0.15, -0.1) is 23.1 Å². The number of hydrogen-bond acceptors (Lipinski definition) is 6. The van der Waals surface area contributed by atoms with Crippen LogP contribution in [0.3, 0.4) is 0 Å². The Bertz CT molecular complexity index is 872. The third kappa shape index (κ3) is 5.70. The average molecular weight is 433 g/mol. The minimum Gasteiger partial charge on any atom is -0.478 e. The van der Waals surface area contributed by atoms with Crippen LogP contribution in [-0.2, 0) is 15.3 Å². The molecule has 1 aromatic heterocycles. The van der Waals surface area contributed by atoms with E-state index in [4.69, 9.17) is 10.2 Å². The van der Waals surface area contributed by atoms with Gasteiger partial charge in [-0.05, 0) is 35.2 Å². The molecule has 0 bridgehead atoms. The summed E-state index contributed by atoms with van der Waals surface area (Å²) in [6.45, 7) is 4.67. The molecule has 0 amide bonds. The summed E-state index contributed by atoms with van der Waals surface area (Å²) in [5.74, 6) is -1.41. The number of nitrogens with zero attached hydrogens (tertiary/aromatic N) is 2. The SMILES string of the molecule is CN1CCN(C2c3ccccc3CSc3sccc32)CC1.O=C(O)/C=C\C(=O)O. The molecule has 3 heterocycles. The molecule has 154 valence electrons. The van der Waals surface area contributed by atoms with Crippen molar-refractivity contribution in [1.29, 1.82) is 0 Å². The summed E-state index contributed by atoms with van der Waals surface area (Å²) < 4.78 is 1.51. The van der Waals surface area contributed by atoms with Gasteiger partial charge in [-0.1, -0.05) is 24.3 Å². The number of hydrogen-bond donors (Lipinski definition) is 2. The maximum Gasteiger partial charge on any atom is 0.328 e. The first-order valence-corrected chi connectivity index (χ1v) is 11.2. The quantitative estimate of drug-likeness (QED) is 0.720. The Morgan fingerprint density at radius 1 is 1.00 bits per heavy atom. The molecule has 0 saturated carbocycles. The fourth-order valence-electron chi connectivity index (χ4n) is 3.48. The zero-order valence-corrected chi connectivity index (χ0v) is 17.8. The van der Waals surface area contributed by atoms with E-state index in [1.807, 2.05) is 23.1 Å². The number of carbonyl (C=O) groups is 2. The van der Waals surface area contributed by atoms with Gasteiger partial charge in [0.1, 0.15) is 0 Å². The second-order valence-electron chi connectivity index (χ2n) is 6.90. The Labute approximate surface area is 178 Å². The third-order valence-corrected chi connectivity index (χ3v) is 7.25. The fourth-order valence-corrected chi connectivity index (χ4v) is 5.65. The van der Waals surface area contributed by atoms with Crippen molar-refractivity contribution in [3.8, 4) is 0 Å². The lowest BCUT2D eigenvalue weighted by Gasteiger charge is -2.38. The average Bonchev–Trinajstić information content (AvgIpc) is 3.10. The highest BCUT2D eigenvalue weighted by molar-refractivity contribution is 8.00. The number of aliphatic carboxylic acids is 2. The van der Waals surface area contributed by atoms with Gasteiger partial charge in [-0.2, -0.15) is 0 Å². The zero-order chi connectivity index (χ0) is 20.8. The van der Waals surface area contributed by atoms with Gasteiger partial charge >= 0.3 is 11.9 Å². The van der Waals surface area contributed by atoms with Crippen LogP contribution >= 0.6 is 23.1 Å². The van der Waals surface area contributed by atoms with Crippen LogP contribution in [0.4, 0.5) is 0 Å². The number of piperazine rings is 1. The molecule has 1 saturated heterocycles. The van der Waals surface area contributed by atoms with E-state index in [1.54, 1.807) is 0 Å². The van der Waals surface area contributed by atoms with E-state index >= 15 is 0 Å². The maximum atomic E-state index is 9.55. The minimum absolute atomic E-state index is 0.450. The second-order valence-corrected chi connectivity index (χ2v) is 9.06. The van der Waals surface area contributed by atoms with E-state index in [0.717, 1.165) is 18.8 Å². The van der Waals surface area contributed by atoms with Crippen molar-refractivity contribution < 1.29 is 19.8 Å². The van der Waals surface area contributed by atoms with Gasteiger partial charge < -0.3 is 15.1 Å². The van der Waals surface area contributed by atoms with E-state index in [9.17, 15) is 9.59 Å². The van der Waals surface area contributed by atoms with Gasteiger partial charge in [0.05, 0.1) is 10.3 Å². The highest BCUT2D eigenvalue weighted by Crippen LogP contribution is 2.44. The van der Waals surface area contributed by atoms with Gasteiger partial charge in [-0.3, -0.25) is 4.90 Å². The van der Waals surface area contributed by atoms with E-state index in [0.29, 0.717) is 18.2 Å². The van der Waals surface area contributed by atoms with E-state index in [1.165, 1.54) is 34.0 Å². The van der Waals surface area contributed by atoms with Crippen molar-refractivity contribution in [3.05, 3.63) is 64.6 Å². The number of thiophene rings is 1. The van der Waals surface area contributed by atoms with Crippen LogP contribution in [0.25, 0.3) is 0 Å². The van der Waals surface area contributed by atoms with Crippen LogP contribution in [0.15, 0.2) is 52.1 Å². The first-order valence-electron chi connectivity index (χ1n) is 9.30. The summed E-state index contributed by atoms with van der Waals surface area (Å²) in [7, 11) is 2.23. The van der Waals surface area contributed by atoms with Crippen molar-refractivity contribution in [2.75, 3.05) is 33.2 Å². The Morgan fingerprint density at radius 3 is 2.31 bits per heavy atom. The fraction of sp³-hybridized carbons (Fsp3) is 0.333. The highest BCUT2D eigenvalue weighted by atomic mass is 32.2. The predicted molar refractivity (Wildman–Crippen MR) is 116 cm³/mol. The van der Waals surface area contributed by atoms with Gasteiger partial charge in [0.2, 0.25) is 0 Å². The molecule has 2 aliphatic heterocycles. The molecule has 1 fully saturated rings. The summed E-state index contributed by atoms with van der Waals surface area (Å²) in [5.41, 5.74) is 4.56. The molecule has 2 aromatic rings. The minimum atomic E-state index is -1.26. The molecule has 1 atom stereocenters. The smallest absolute Gasteiger partial charge is 0.328 e.